The molecular weight excluding hydrogens is 144 g/mol. The fourth-order valence-electron chi connectivity index (χ4n) is 1.74. The minimum Gasteiger partial charge on any atom is -0.0984 e. The van der Waals surface area contributed by atoms with Crippen LogP contribution < -0.4 is 0 Å². The fraction of sp³-hybridized carbons (Fsp3) is 0.167. The molecule has 12 heavy (non-hydrogen) atoms. The summed E-state index contributed by atoms with van der Waals surface area (Å²) < 4.78 is 0. The van der Waals surface area contributed by atoms with Gasteiger partial charge in [-0.1, -0.05) is 42.5 Å². The molecule has 2 rings (SSSR count). The van der Waals surface area contributed by atoms with Crippen LogP contribution in [0.25, 0.3) is 12.2 Å². The molecule has 1 aliphatic rings. The molecule has 0 saturated carbocycles. The highest BCUT2D eigenvalue weighted by atomic mass is 14.1. The normalized spacial score (nSPS) is 13.9. The van der Waals surface area contributed by atoms with Gasteiger partial charge in [-0.25, -0.2) is 0 Å². The number of hydrogen-bond donors (Lipinski definition) is 0. The number of allylic oxidation sites excluding steroid dienone is 1. The van der Waals surface area contributed by atoms with Gasteiger partial charge in [0.1, 0.15) is 0 Å². The second-order valence-electron chi connectivity index (χ2n) is 3.29. The van der Waals surface area contributed by atoms with E-state index in [0.717, 1.165) is 6.42 Å². The van der Waals surface area contributed by atoms with Gasteiger partial charge in [-0.05, 0) is 30.0 Å². The van der Waals surface area contributed by atoms with Gasteiger partial charge < -0.3 is 0 Å². The van der Waals surface area contributed by atoms with Crippen molar-refractivity contribution in [2.75, 3.05) is 0 Å². The van der Waals surface area contributed by atoms with E-state index in [1.165, 1.54) is 22.3 Å². The van der Waals surface area contributed by atoms with Crippen LogP contribution in [0, 0.1) is 0 Å². The zero-order valence-electron chi connectivity index (χ0n) is 7.30. The lowest BCUT2D eigenvalue weighted by Crippen LogP contribution is -1.84. The quantitative estimate of drug-likeness (QED) is 0.585. The van der Waals surface area contributed by atoms with Gasteiger partial charge in [0.15, 0.2) is 0 Å². The maximum absolute atomic E-state index is 3.80. The summed E-state index contributed by atoms with van der Waals surface area (Å²) in [5.41, 5.74) is 5.50. The molecule has 1 aromatic carbocycles. The molecule has 0 nitrogen and oxygen atoms in total. The summed E-state index contributed by atoms with van der Waals surface area (Å²) in [5.74, 6) is 0. The second kappa shape index (κ2) is 2.63. The van der Waals surface area contributed by atoms with E-state index in [0.29, 0.717) is 0 Å². The minimum atomic E-state index is 1.11. The van der Waals surface area contributed by atoms with Crippen molar-refractivity contribution >= 4 is 12.2 Å². The highest BCUT2D eigenvalue weighted by Gasteiger charge is 2.10. The molecule has 0 saturated heterocycles. The summed E-state index contributed by atoms with van der Waals surface area (Å²) in [6.45, 7) is 5.98. The molecule has 0 fully saturated rings. The Morgan fingerprint density at radius 2 is 2.25 bits per heavy atom. The van der Waals surface area contributed by atoms with Gasteiger partial charge in [-0.3, -0.25) is 0 Å². The first kappa shape index (κ1) is 7.35. The molecule has 0 amide bonds. The first-order valence-corrected chi connectivity index (χ1v) is 4.23. The summed E-state index contributed by atoms with van der Waals surface area (Å²) in [6, 6.07) is 6.40. The van der Waals surface area contributed by atoms with Crippen molar-refractivity contribution < 1.29 is 0 Å². The van der Waals surface area contributed by atoms with Gasteiger partial charge in [-0.2, -0.15) is 0 Å². The maximum atomic E-state index is 3.80. The first-order valence-electron chi connectivity index (χ1n) is 4.23. The van der Waals surface area contributed by atoms with Gasteiger partial charge in [0.25, 0.3) is 0 Å². The largest absolute Gasteiger partial charge is 0.0984 e. The van der Waals surface area contributed by atoms with Crippen molar-refractivity contribution in [3.63, 3.8) is 0 Å². The molecule has 0 N–H and O–H groups in total. The predicted molar refractivity (Wildman–Crippen MR) is 53.9 cm³/mol. The number of rotatable bonds is 1. The van der Waals surface area contributed by atoms with Crippen LogP contribution in [0.1, 0.15) is 23.6 Å². The van der Waals surface area contributed by atoms with Crippen LogP contribution in [-0.2, 0) is 6.42 Å². The molecule has 0 unspecified atom stereocenters. The Morgan fingerprint density at radius 3 is 3.00 bits per heavy atom. The summed E-state index contributed by atoms with van der Waals surface area (Å²) in [4.78, 5) is 0. The lowest BCUT2D eigenvalue weighted by atomic mass is 10.0. The minimum absolute atomic E-state index is 1.11. The predicted octanol–water partition coefficient (Wildman–Crippen LogP) is 3.29. The fourth-order valence-corrected chi connectivity index (χ4v) is 1.74. The molecule has 0 bridgehead atoms. The van der Waals surface area contributed by atoms with Crippen LogP contribution in [0.2, 0.25) is 0 Å². The van der Waals surface area contributed by atoms with E-state index < -0.39 is 0 Å². The van der Waals surface area contributed by atoms with E-state index in [-0.39, 0.29) is 0 Å². The standard InChI is InChI=1S/C12H12/c1-3-10-5-4-6-11-7-9(2)8-12(10)11/h3-6,8H,1,7H2,2H3. The van der Waals surface area contributed by atoms with Crippen molar-refractivity contribution in [2.24, 2.45) is 0 Å². The third-order valence-electron chi connectivity index (χ3n) is 2.31. The van der Waals surface area contributed by atoms with Gasteiger partial charge in [0.05, 0.1) is 0 Å². The van der Waals surface area contributed by atoms with Crippen LogP contribution in [0.5, 0.6) is 0 Å². The van der Waals surface area contributed by atoms with E-state index in [4.69, 9.17) is 0 Å². The second-order valence-corrected chi connectivity index (χ2v) is 3.29. The molecular formula is C12H12. The van der Waals surface area contributed by atoms with Crippen LogP contribution in [0.4, 0.5) is 0 Å². The highest BCUT2D eigenvalue weighted by molar-refractivity contribution is 5.72. The van der Waals surface area contributed by atoms with Crippen molar-refractivity contribution in [3.8, 4) is 0 Å². The average Bonchev–Trinajstić information content (AvgIpc) is 2.44. The molecule has 0 atom stereocenters. The van der Waals surface area contributed by atoms with E-state index in [1.54, 1.807) is 0 Å². The van der Waals surface area contributed by atoms with Crippen LogP contribution in [-0.4, -0.2) is 0 Å². The van der Waals surface area contributed by atoms with Gasteiger partial charge >= 0.3 is 0 Å². The molecule has 0 aromatic heterocycles. The van der Waals surface area contributed by atoms with Crippen molar-refractivity contribution in [1.29, 1.82) is 0 Å². The molecule has 0 heterocycles. The van der Waals surface area contributed by atoms with E-state index in [1.807, 2.05) is 6.08 Å². The summed E-state index contributed by atoms with van der Waals surface area (Å²) >= 11 is 0. The Morgan fingerprint density at radius 1 is 1.42 bits per heavy atom. The van der Waals surface area contributed by atoms with E-state index >= 15 is 0 Å². The van der Waals surface area contributed by atoms with Gasteiger partial charge in [0.2, 0.25) is 0 Å². The van der Waals surface area contributed by atoms with Gasteiger partial charge in [0, 0.05) is 0 Å². The summed E-state index contributed by atoms with van der Waals surface area (Å²) in [5, 5.41) is 0. The Labute approximate surface area is 73.2 Å². The Balaban J connectivity index is 2.62. The zero-order valence-corrected chi connectivity index (χ0v) is 7.30. The number of hydrogen-bond acceptors (Lipinski definition) is 0. The number of benzene rings is 1. The molecule has 1 aromatic rings. The topological polar surface area (TPSA) is 0 Å². The molecule has 0 aliphatic heterocycles. The number of fused-ring (bicyclic) bond motifs is 1. The van der Waals surface area contributed by atoms with Gasteiger partial charge in [-0.15, -0.1) is 0 Å². The first-order chi connectivity index (χ1) is 5.81. The lowest BCUT2D eigenvalue weighted by Gasteiger charge is -2.01. The van der Waals surface area contributed by atoms with Crippen molar-refractivity contribution in [1.82, 2.24) is 0 Å². The third-order valence-corrected chi connectivity index (χ3v) is 2.31. The zero-order chi connectivity index (χ0) is 8.55. The molecule has 0 heteroatoms. The Kier molecular flexibility index (Phi) is 1.61. The van der Waals surface area contributed by atoms with Crippen molar-refractivity contribution in [2.45, 2.75) is 13.3 Å². The van der Waals surface area contributed by atoms with Crippen LogP contribution in [0.3, 0.4) is 0 Å². The average molecular weight is 156 g/mol. The SMILES string of the molecule is C=Cc1cccc2c1C=C(C)C2. The van der Waals surface area contributed by atoms with E-state index in [9.17, 15) is 0 Å². The molecule has 0 radical (unpaired) electrons. The molecule has 60 valence electrons. The third kappa shape index (κ3) is 1.00. The summed E-state index contributed by atoms with van der Waals surface area (Å²) in [7, 11) is 0. The van der Waals surface area contributed by atoms with Crippen LogP contribution >= 0.6 is 0 Å². The highest BCUT2D eigenvalue weighted by Crippen LogP contribution is 2.27. The maximum Gasteiger partial charge on any atom is -0.00604 e. The smallest absolute Gasteiger partial charge is 0.00604 e. The van der Waals surface area contributed by atoms with Crippen molar-refractivity contribution in [3.05, 3.63) is 47.0 Å². The lowest BCUT2D eigenvalue weighted by molar-refractivity contribution is 1.19. The molecule has 1 aliphatic carbocycles. The Bertz CT molecular complexity index is 356. The molecule has 0 spiro atoms. The van der Waals surface area contributed by atoms with E-state index in [2.05, 4.69) is 37.8 Å². The monoisotopic (exact) mass is 156 g/mol. The summed E-state index contributed by atoms with van der Waals surface area (Å²) in [6.07, 6.45) is 5.29. The Hall–Kier alpha value is -1.30. The van der Waals surface area contributed by atoms with Crippen LogP contribution in [0.15, 0.2) is 30.4 Å².